The van der Waals surface area contributed by atoms with Gasteiger partial charge in [0, 0.05) is 52.9 Å². The smallest absolute Gasteiger partial charge is 0.497 e. The molecule has 0 fully saturated rings. The minimum atomic E-state index is -4.79. The summed E-state index contributed by atoms with van der Waals surface area (Å²) in [6, 6.07) is 16.3. The van der Waals surface area contributed by atoms with E-state index in [0.29, 0.717) is 46.6 Å². The zero-order chi connectivity index (χ0) is 26.6. The van der Waals surface area contributed by atoms with Crippen molar-refractivity contribution < 1.29 is 32.5 Å². The van der Waals surface area contributed by atoms with E-state index in [1.54, 1.807) is 36.4 Å². The summed E-state index contributed by atoms with van der Waals surface area (Å²) in [4.78, 5) is 1.88. The van der Waals surface area contributed by atoms with Gasteiger partial charge in [0.05, 0.1) is 19.8 Å². The first-order valence-electron chi connectivity index (χ1n) is 11.5. The van der Waals surface area contributed by atoms with E-state index in [0.717, 1.165) is 11.1 Å². The Balaban J connectivity index is 1.68. The van der Waals surface area contributed by atoms with E-state index in [2.05, 4.69) is 16.6 Å². The third-order valence-corrected chi connectivity index (χ3v) is 6.11. The van der Waals surface area contributed by atoms with Gasteiger partial charge in [-0.1, -0.05) is 36.4 Å². The number of ether oxygens (including phenoxy) is 3. The number of hydrogen-bond acceptors (Lipinski definition) is 6. The SMILES string of the molecule is C=C(C(Nc1cc(OC)cc(OCCO)c1)c1ccc(Cl)cc1)N1CCc2ccc(OC(F)(F)F)cc21. The van der Waals surface area contributed by atoms with Gasteiger partial charge in [-0.25, -0.2) is 0 Å². The molecule has 0 aromatic heterocycles. The Labute approximate surface area is 217 Å². The normalized spacial score (nSPS) is 13.6. The highest BCUT2D eigenvalue weighted by Crippen LogP contribution is 2.40. The summed E-state index contributed by atoms with van der Waals surface area (Å²) in [6.45, 7) is 4.84. The largest absolute Gasteiger partial charge is 0.573 e. The van der Waals surface area contributed by atoms with Crippen LogP contribution in [-0.4, -0.2) is 38.3 Å². The number of halogens is 4. The minimum Gasteiger partial charge on any atom is -0.497 e. The summed E-state index contributed by atoms with van der Waals surface area (Å²) in [5, 5.41) is 13.1. The van der Waals surface area contributed by atoms with E-state index < -0.39 is 12.4 Å². The van der Waals surface area contributed by atoms with Crippen LogP contribution in [0.5, 0.6) is 17.2 Å². The molecule has 0 aliphatic carbocycles. The van der Waals surface area contributed by atoms with Crippen molar-refractivity contribution in [2.75, 3.05) is 37.1 Å². The molecule has 1 heterocycles. The fourth-order valence-electron chi connectivity index (χ4n) is 4.21. The van der Waals surface area contributed by atoms with Crippen LogP contribution in [-0.2, 0) is 6.42 Å². The average Bonchev–Trinajstić information content (AvgIpc) is 3.28. The molecule has 10 heteroatoms. The van der Waals surface area contributed by atoms with Crippen LogP contribution in [0.15, 0.2) is 72.9 Å². The van der Waals surface area contributed by atoms with E-state index in [4.69, 9.17) is 26.2 Å². The molecule has 0 spiro atoms. The number of alkyl halides is 3. The van der Waals surface area contributed by atoms with Crippen molar-refractivity contribution >= 4 is 23.0 Å². The van der Waals surface area contributed by atoms with Gasteiger partial charge in [0.1, 0.15) is 23.9 Å². The topological polar surface area (TPSA) is 63.2 Å². The number of aliphatic hydroxyl groups is 1. The van der Waals surface area contributed by atoms with E-state index in [9.17, 15) is 13.2 Å². The van der Waals surface area contributed by atoms with Crippen molar-refractivity contribution in [1.29, 1.82) is 0 Å². The molecule has 0 radical (unpaired) electrons. The second-order valence-corrected chi connectivity index (χ2v) is 8.77. The van der Waals surface area contributed by atoms with Crippen LogP contribution in [0.4, 0.5) is 24.5 Å². The van der Waals surface area contributed by atoms with Gasteiger partial charge in [-0.2, -0.15) is 0 Å². The van der Waals surface area contributed by atoms with Gasteiger partial charge in [-0.15, -0.1) is 13.2 Å². The van der Waals surface area contributed by atoms with Crippen molar-refractivity contribution in [3.8, 4) is 17.2 Å². The summed E-state index contributed by atoms with van der Waals surface area (Å²) in [5.74, 6) is 0.746. The quantitative estimate of drug-likeness (QED) is 0.316. The second kappa shape index (κ2) is 11.2. The van der Waals surface area contributed by atoms with Crippen molar-refractivity contribution in [3.63, 3.8) is 0 Å². The van der Waals surface area contributed by atoms with Crippen LogP contribution >= 0.6 is 11.6 Å². The van der Waals surface area contributed by atoms with Gasteiger partial charge in [0.25, 0.3) is 0 Å². The van der Waals surface area contributed by atoms with Gasteiger partial charge in [0.15, 0.2) is 0 Å². The second-order valence-electron chi connectivity index (χ2n) is 8.33. The lowest BCUT2D eigenvalue weighted by Crippen LogP contribution is -2.27. The molecule has 1 unspecified atom stereocenters. The molecule has 196 valence electrons. The van der Waals surface area contributed by atoms with Crippen molar-refractivity contribution in [1.82, 2.24) is 0 Å². The molecule has 0 bridgehead atoms. The van der Waals surface area contributed by atoms with E-state index in [1.165, 1.54) is 19.2 Å². The number of nitrogens with zero attached hydrogens (tertiary/aromatic N) is 1. The fraction of sp³-hybridized carbons (Fsp3) is 0.259. The molecule has 3 aromatic carbocycles. The van der Waals surface area contributed by atoms with Crippen LogP contribution in [0.2, 0.25) is 5.02 Å². The van der Waals surface area contributed by atoms with Gasteiger partial charge in [-0.3, -0.25) is 0 Å². The molecule has 0 saturated carbocycles. The van der Waals surface area contributed by atoms with Crippen LogP contribution in [0.3, 0.4) is 0 Å². The Hall–Kier alpha value is -3.56. The first kappa shape index (κ1) is 26.5. The summed E-state index contributed by atoms with van der Waals surface area (Å²) < 4.78 is 53.6. The molecule has 0 saturated heterocycles. The average molecular weight is 535 g/mol. The minimum absolute atomic E-state index is 0.118. The van der Waals surface area contributed by atoms with Crippen LogP contribution in [0.25, 0.3) is 0 Å². The zero-order valence-corrected chi connectivity index (χ0v) is 20.8. The predicted octanol–water partition coefficient (Wildman–Crippen LogP) is 6.35. The van der Waals surface area contributed by atoms with Crippen LogP contribution in [0.1, 0.15) is 17.2 Å². The van der Waals surface area contributed by atoms with Crippen LogP contribution < -0.4 is 24.4 Å². The molecule has 0 amide bonds. The fourth-order valence-corrected chi connectivity index (χ4v) is 4.34. The van der Waals surface area contributed by atoms with Crippen molar-refractivity contribution in [2.24, 2.45) is 0 Å². The van der Waals surface area contributed by atoms with Crippen LogP contribution in [0, 0.1) is 0 Å². The third kappa shape index (κ3) is 6.61. The lowest BCUT2D eigenvalue weighted by Gasteiger charge is -2.31. The molecule has 1 aliphatic rings. The molecular formula is C27H26ClF3N2O4. The monoisotopic (exact) mass is 534 g/mol. The van der Waals surface area contributed by atoms with E-state index >= 15 is 0 Å². The summed E-state index contributed by atoms with van der Waals surface area (Å²) in [7, 11) is 1.53. The number of aliphatic hydroxyl groups excluding tert-OH is 1. The Morgan fingerprint density at radius 2 is 1.81 bits per heavy atom. The lowest BCUT2D eigenvalue weighted by molar-refractivity contribution is -0.274. The maximum Gasteiger partial charge on any atom is 0.573 e. The molecule has 2 N–H and O–H groups in total. The van der Waals surface area contributed by atoms with Gasteiger partial charge < -0.3 is 29.5 Å². The maximum absolute atomic E-state index is 12.8. The number of fused-ring (bicyclic) bond motifs is 1. The van der Waals surface area contributed by atoms with Gasteiger partial charge in [0.2, 0.25) is 0 Å². The van der Waals surface area contributed by atoms with Crippen molar-refractivity contribution in [3.05, 3.63) is 89.1 Å². The lowest BCUT2D eigenvalue weighted by atomic mass is 10.0. The molecular weight excluding hydrogens is 509 g/mol. The summed E-state index contributed by atoms with van der Waals surface area (Å²) in [5.41, 5.74) is 3.61. The summed E-state index contributed by atoms with van der Waals surface area (Å²) in [6.07, 6.45) is -4.14. The maximum atomic E-state index is 12.8. The third-order valence-electron chi connectivity index (χ3n) is 5.86. The Morgan fingerprint density at radius 1 is 1.08 bits per heavy atom. The van der Waals surface area contributed by atoms with Crippen molar-refractivity contribution in [2.45, 2.75) is 18.8 Å². The van der Waals surface area contributed by atoms with Gasteiger partial charge >= 0.3 is 6.36 Å². The number of hydrogen-bond donors (Lipinski definition) is 2. The number of rotatable bonds is 10. The Morgan fingerprint density at radius 3 is 2.49 bits per heavy atom. The number of nitrogens with one attached hydrogen (secondary N) is 1. The number of benzene rings is 3. The molecule has 1 aliphatic heterocycles. The highest BCUT2D eigenvalue weighted by atomic mass is 35.5. The molecule has 37 heavy (non-hydrogen) atoms. The predicted molar refractivity (Wildman–Crippen MR) is 137 cm³/mol. The molecule has 6 nitrogen and oxygen atoms in total. The number of anilines is 2. The Bertz CT molecular complexity index is 1250. The highest BCUT2D eigenvalue weighted by molar-refractivity contribution is 6.30. The zero-order valence-electron chi connectivity index (χ0n) is 20.0. The van der Waals surface area contributed by atoms with Gasteiger partial charge in [-0.05, 0) is 35.7 Å². The highest BCUT2D eigenvalue weighted by Gasteiger charge is 2.33. The first-order chi connectivity index (χ1) is 17.7. The van der Waals surface area contributed by atoms with E-state index in [-0.39, 0.29) is 19.0 Å². The Kier molecular flexibility index (Phi) is 8.04. The molecule has 4 rings (SSSR count). The molecule has 3 aromatic rings. The molecule has 1 atom stereocenters. The summed E-state index contributed by atoms with van der Waals surface area (Å²) >= 11 is 6.12. The van der Waals surface area contributed by atoms with E-state index in [1.807, 2.05) is 17.0 Å². The first-order valence-corrected chi connectivity index (χ1v) is 11.8. The number of methoxy groups -OCH3 is 1. The standard InChI is InChI=1S/C27H26ClF3N2O4/c1-17(33-10-9-18-5-8-22(16-25(18)33)37-27(29,30)31)26(19-3-6-20(28)7-4-19)32-21-13-23(35-2)15-24(14-21)36-12-11-34/h3-8,13-16,26,32,34H,1,9-12H2,2H3.